The number of aryl methyl sites for hydroxylation is 3. The van der Waals surface area contributed by atoms with Crippen LogP contribution in [0, 0.1) is 13.8 Å². The van der Waals surface area contributed by atoms with E-state index in [1.54, 1.807) is 10.9 Å². The Kier molecular flexibility index (Phi) is 4.84. The Bertz CT molecular complexity index is 592. The van der Waals surface area contributed by atoms with Crippen LogP contribution in [0.15, 0.2) is 24.4 Å². The second-order valence-corrected chi connectivity index (χ2v) is 5.66. The van der Waals surface area contributed by atoms with E-state index in [1.165, 1.54) is 11.1 Å². The fraction of sp³-hybridized carbons (Fsp3) is 0.438. The maximum absolute atomic E-state index is 10.5. The van der Waals surface area contributed by atoms with Gasteiger partial charge in [-0.25, -0.2) is 0 Å². The summed E-state index contributed by atoms with van der Waals surface area (Å²) in [6.07, 6.45) is 2.50. The van der Waals surface area contributed by atoms with Crippen LogP contribution >= 0.6 is 11.6 Å². The molecule has 0 amide bonds. The molecule has 1 aromatic heterocycles. The monoisotopic (exact) mass is 292 g/mol. The van der Waals surface area contributed by atoms with E-state index in [1.807, 2.05) is 0 Å². The molecule has 2 aromatic rings. The summed E-state index contributed by atoms with van der Waals surface area (Å²) in [5.41, 5.74) is 4.26. The number of hydrogen-bond acceptors (Lipinski definition) is 2. The number of halogens is 1. The zero-order valence-electron chi connectivity index (χ0n) is 12.2. The van der Waals surface area contributed by atoms with Gasteiger partial charge in [0.1, 0.15) is 6.10 Å². The minimum atomic E-state index is -0.628. The van der Waals surface area contributed by atoms with Gasteiger partial charge in [0.05, 0.1) is 16.9 Å². The van der Waals surface area contributed by atoms with Gasteiger partial charge in [-0.2, -0.15) is 5.10 Å². The van der Waals surface area contributed by atoms with Crippen LogP contribution in [0.5, 0.6) is 0 Å². The van der Waals surface area contributed by atoms with Crippen molar-refractivity contribution < 1.29 is 5.11 Å². The normalized spacial score (nSPS) is 12.7. The lowest BCUT2D eigenvalue weighted by Gasteiger charge is -2.15. The molecule has 1 unspecified atom stereocenters. The quantitative estimate of drug-likeness (QED) is 0.909. The topological polar surface area (TPSA) is 38.0 Å². The third-order valence-electron chi connectivity index (χ3n) is 3.50. The predicted octanol–water partition coefficient (Wildman–Crippen LogP) is 3.84. The summed E-state index contributed by atoms with van der Waals surface area (Å²) < 4.78 is 1.80. The van der Waals surface area contributed by atoms with E-state index in [9.17, 15) is 5.11 Å². The first-order chi connectivity index (χ1) is 9.52. The van der Waals surface area contributed by atoms with E-state index in [0.717, 1.165) is 24.2 Å². The number of benzene rings is 1. The van der Waals surface area contributed by atoms with Crippen LogP contribution in [-0.2, 0) is 13.0 Å². The van der Waals surface area contributed by atoms with Crippen molar-refractivity contribution >= 4 is 11.6 Å². The Balaban J connectivity index is 2.25. The number of aliphatic hydroxyl groups is 1. The molecule has 0 radical (unpaired) electrons. The van der Waals surface area contributed by atoms with E-state index >= 15 is 0 Å². The molecule has 4 heteroatoms. The van der Waals surface area contributed by atoms with Crippen LogP contribution in [0.25, 0.3) is 0 Å². The lowest BCUT2D eigenvalue weighted by Crippen LogP contribution is -2.12. The van der Waals surface area contributed by atoms with Crippen molar-refractivity contribution in [1.29, 1.82) is 0 Å². The molecule has 2 rings (SSSR count). The fourth-order valence-electron chi connectivity index (χ4n) is 2.42. The van der Waals surface area contributed by atoms with Gasteiger partial charge in [-0.15, -0.1) is 0 Å². The number of rotatable bonds is 5. The summed E-state index contributed by atoms with van der Waals surface area (Å²) in [4.78, 5) is 0. The molecule has 1 atom stereocenters. The van der Waals surface area contributed by atoms with Crippen LogP contribution in [0.1, 0.15) is 41.8 Å². The molecule has 108 valence electrons. The third-order valence-corrected chi connectivity index (χ3v) is 3.79. The highest BCUT2D eigenvalue weighted by atomic mass is 35.5. The van der Waals surface area contributed by atoms with Crippen LogP contribution < -0.4 is 0 Å². The molecule has 0 fully saturated rings. The van der Waals surface area contributed by atoms with Crippen LogP contribution in [0.4, 0.5) is 0 Å². The second-order valence-electron chi connectivity index (χ2n) is 5.25. The molecule has 1 aromatic carbocycles. The Morgan fingerprint density at radius 2 is 2.10 bits per heavy atom. The van der Waals surface area contributed by atoms with Gasteiger partial charge in [-0.3, -0.25) is 4.68 Å². The molecule has 0 spiro atoms. The maximum Gasteiger partial charge on any atom is 0.101 e. The van der Waals surface area contributed by atoms with Crippen molar-refractivity contribution in [3.8, 4) is 0 Å². The highest BCUT2D eigenvalue weighted by molar-refractivity contribution is 6.31. The fourth-order valence-corrected chi connectivity index (χ4v) is 2.69. The van der Waals surface area contributed by atoms with Gasteiger partial charge in [-0.05, 0) is 31.4 Å². The predicted molar refractivity (Wildman–Crippen MR) is 82.1 cm³/mol. The maximum atomic E-state index is 10.5. The molecule has 0 saturated heterocycles. The largest absolute Gasteiger partial charge is 0.386 e. The number of hydrogen-bond donors (Lipinski definition) is 1. The lowest BCUT2D eigenvalue weighted by atomic mass is 9.99. The van der Waals surface area contributed by atoms with Crippen LogP contribution in [0.2, 0.25) is 5.02 Å². The summed E-state index contributed by atoms with van der Waals surface area (Å²) in [6, 6.07) is 6.29. The number of aromatic nitrogens is 2. The first kappa shape index (κ1) is 15.1. The minimum absolute atomic E-state index is 0.538. The molecule has 1 N–H and O–H groups in total. The summed E-state index contributed by atoms with van der Waals surface area (Å²) in [7, 11) is 0. The van der Waals surface area contributed by atoms with Gasteiger partial charge in [0.2, 0.25) is 0 Å². The molecule has 1 heterocycles. The number of aliphatic hydroxyl groups excluding tert-OH is 1. The van der Waals surface area contributed by atoms with Gasteiger partial charge in [0, 0.05) is 13.0 Å². The average Bonchev–Trinajstić information content (AvgIpc) is 2.75. The molecule has 0 saturated carbocycles. The first-order valence-electron chi connectivity index (χ1n) is 6.98. The average molecular weight is 293 g/mol. The summed E-state index contributed by atoms with van der Waals surface area (Å²) in [6.45, 7) is 6.97. The lowest BCUT2D eigenvalue weighted by molar-refractivity contribution is 0.166. The van der Waals surface area contributed by atoms with Crippen molar-refractivity contribution in [2.24, 2.45) is 0 Å². The second kappa shape index (κ2) is 6.42. The molecule has 0 bridgehead atoms. The van der Waals surface area contributed by atoms with Gasteiger partial charge < -0.3 is 5.11 Å². The molecule has 0 aliphatic rings. The Hall–Kier alpha value is -1.32. The molecular formula is C16H21ClN2O. The Morgan fingerprint density at radius 1 is 1.35 bits per heavy atom. The zero-order valence-corrected chi connectivity index (χ0v) is 13.0. The standard InChI is InChI=1S/C16H21ClN2O/c1-4-7-19-16(14(17)10-18-19)15(20)9-13-8-11(2)5-6-12(13)3/h5-6,8,10,15,20H,4,7,9H2,1-3H3. The smallest absolute Gasteiger partial charge is 0.101 e. The zero-order chi connectivity index (χ0) is 14.7. The molecule has 0 aliphatic heterocycles. The van der Waals surface area contributed by atoms with Crippen molar-refractivity contribution in [3.63, 3.8) is 0 Å². The van der Waals surface area contributed by atoms with Crippen molar-refractivity contribution in [1.82, 2.24) is 9.78 Å². The van der Waals surface area contributed by atoms with Crippen LogP contribution in [0.3, 0.4) is 0 Å². The number of nitrogens with zero attached hydrogens (tertiary/aromatic N) is 2. The third kappa shape index (κ3) is 3.22. The van der Waals surface area contributed by atoms with E-state index in [2.05, 4.69) is 44.1 Å². The van der Waals surface area contributed by atoms with Gasteiger partial charge >= 0.3 is 0 Å². The highest BCUT2D eigenvalue weighted by Crippen LogP contribution is 2.27. The van der Waals surface area contributed by atoms with E-state index in [0.29, 0.717) is 11.4 Å². The highest BCUT2D eigenvalue weighted by Gasteiger charge is 2.19. The molecule has 20 heavy (non-hydrogen) atoms. The SMILES string of the molecule is CCCn1ncc(Cl)c1C(O)Cc1cc(C)ccc1C. The molecule has 0 aliphatic carbocycles. The Morgan fingerprint density at radius 3 is 2.80 bits per heavy atom. The molecule has 3 nitrogen and oxygen atoms in total. The van der Waals surface area contributed by atoms with E-state index < -0.39 is 6.10 Å². The summed E-state index contributed by atoms with van der Waals surface area (Å²) in [5, 5.41) is 15.3. The van der Waals surface area contributed by atoms with Gasteiger partial charge in [0.25, 0.3) is 0 Å². The summed E-state index contributed by atoms with van der Waals surface area (Å²) >= 11 is 6.17. The Labute approximate surface area is 125 Å². The summed E-state index contributed by atoms with van der Waals surface area (Å²) in [5.74, 6) is 0. The first-order valence-corrected chi connectivity index (χ1v) is 7.36. The van der Waals surface area contributed by atoms with E-state index in [-0.39, 0.29) is 0 Å². The van der Waals surface area contributed by atoms with Crippen molar-refractivity contribution in [3.05, 3.63) is 51.8 Å². The van der Waals surface area contributed by atoms with Gasteiger partial charge in [-0.1, -0.05) is 42.3 Å². The van der Waals surface area contributed by atoms with Gasteiger partial charge in [0.15, 0.2) is 0 Å². The minimum Gasteiger partial charge on any atom is -0.386 e. The van der Waals surface area contributed by atoms with Crippen molar-refractivity contribution in [2.75, 3.05) is 0 Å². The van der Waals surface area contributed by atoms with Crippen LogP contribution in [-0.4, -0.2) is 14.9 Å². The van der Waals surface area contributed by atoms with E-state index in [4.69, 9.17) is 11.6 Å². The molecular weight excluding hydrogens is 272 g/mol. The van der Waals surface area contributed by atoms with Crippen molar-refractivity contribution in [2.45, 2.75) is 46.3 Å².